The van der Waals surface area contributed by atoms with E-state index in [1.54, 1.807) is 0 Å². The van der Waals surface area contributed by atoms with Crippen molar-refractivity contribution in [2.45, 2.75) is 25.7 Å². The molecule has 0 atom stereocenters. The van der Waals surface area contributed by atoms with E-state index >= 15 is 0 Å². The molecule has 310 valence electrons. The van der Waals surface area contributed by atoms with E-state index in [-0.39, 0.29) is 0 Å². The molecule has 11 rings (SSSR count). The first-order valence-corrected chi connectivity index (χ1v) is 22.4. The second-order valence-electron chi connectivity index (χ2n) is 16.7. The van der Waals surface area contributed by atoms with E-state index in [4.69, 9.17) is 9.40 Å². The second kappa shape index (κ2) is 17.9. The number of hydrogen-bond donors (Lipinski definition) is 0. The smallest absolute Gasteiger partial charge is 0.136 e. The molecule has 0 bridgehead atoms. The van der Waals surface area contributed by atoms with Crippen LogP contribution in [0, 0.1) is 0 Å². The molecule has 65 heavy (non-hydrogen) atoms. The van der Waals surface area contributed by atoms with Gasteiger partial charge in [-0.05, 0) is 136 Å². The molecule has 7 aromatic carbocycles. The molecule has 4 heteroatoms. The van der Waals surface area contributed by atoms with Crippen molar-refractivity contribution in [2.75, 3.05) is 0 Å². The highest BCUT2D eigenvalue weighted by atomic mass is 16.3. The van der Waals surface area contributed by atoms with Crippen LogP contribution in [0.4, 0.5) is 0 Å². The average Bonchev–Trinajstić information content (AvgIpc) is 3.76. The summed E-state index contributed by atoms with van der Waals surface area (Å²) in [7, 11) is 0. The van der Waals surface area contributed by atoms with Crippen LogP contribution in [0.5, 0.6) is 0 Å². The molecule has 11 aromatic rings. The molecule has 0 N–H and O–H groups in total. The molecule has 0 radical (unpaired) electrons. The number of rotatable bonds is 12. The lowest BCUT2D eigenvalue weighted by molar-refractivity contribution is 0.669. The van der Waals surface area contributed by atoms with Gasteiger partial charge in [-0.25, -0.2) is 0 Å². The standard InChI is InChI=1S/C61H45N3O/c1-2-10-54(53(9-1)46-27-29-49(30-28-46)59-40-51(33-36-64-59)50-31-32-56-55-11-3-4-14-60(55)65-61(56)41-50)52-38-44(17-15-42-19-23-47(24-20-42)57-12-5-7-34-62-57)37-45(39-52)18-16-43-21-25-48(26-22-43)58-13-6-8-35-63-58/h1-14,19-41H,15-18H2. The van der Waals surface area contributed by atoms with E-state index in [0.717, 1.165) is 92.5 Å². The molecule has 0 aliphatic heterocycles. The first kappa shape index (κ1) is 39.6. The number of para-hydroxylation sites is 1. The van der Waals surface area contributed by atoms with Crippen molar-refractivity contribution in [1.29, 1.82) is 0 Å². The van der Waals surface area contributed by atoms with Crippen molar-refractivity contribution >= 4 is 21.9 Å². The van der Waals surface area contributed by atoms with Gasteiger partial charge in [-0.3, -0.25) is 15.0 Å². The number of nitrogens with zero attached hydrogens (tertiary/aromatic N) is 3. The van der Waals surface area contributed by atoms with Crippen LogP contribution in [0.1, 0.15) is 22.3 Å². The molecule has 0 fully saturated rings. The third-order valence-corrected chi connectivity index (χ3v) is 12.5. The van der Waals surface area contributed by atoms with Gasteiger partial charge >= 0.3 is 0 Å². The first-order chi connectivity index (χ1) is 32.2. The third kappa shape index (κ3) is 8.63. The molecule has 4 nitrogen and oxygen atoms in total. The summed E-state index contributed by atoms with van der Waals surface area (Å²) in [6.07, 6.45) is 9.38. The molecule has 0 saturated carbocycles. The molecule has 0 spiro atoms. The summed E-state index contributed by atoms with van der Waals surface area (Å²) < 4.78 is 6.21. The van der Waals surface area contributed by atoms with Crippen molar-refractivity contribution < 1.29 is 4.42 Å². The Hall–Kier alpha value is -8.21. The molecule has 0 amide bonds. The zero-order chi connectivity index (χ0) is 43.4. The van der Waals surface area contributed by atoms with Crippen LogP contribution in [-0.2, 0) is 25.7 Å². The molecule has 4 aromatic heterocycles. The highest BCUT2D eigenvalue weighted by molar-refractivity contribution is 6.05. The first-order valence-electron chi connectivity index (χ1n) is 22.4. The maximum atomic E-state index is 6.21. The van der Waals surface area contributed by atoms with Gasteiger partial charge in [0.1, 0.15) is 11.2 Å². The van der Waals surface area contributed by atoms with Crippen LogP contribution in [0.15, 0.2) is 229 Å². The van der Waals surface area contributed by atoms with E-state index in [2.05, 4.69) is 180 Å². The zero-order valence-electron chi connectivity index (χ0n) is 35.9. The fraction of sp³-hybridized carbons (Fsp3) is 0.0656. The Labute approximate surface area is 379 Å². The number of aromatic nitrogens is 3. The lowest BCUT2D eigenvalue weighted by Crippen LogP contribution is -1.98. The van der Waals surface area contributed by atoms with E-state index in [1.165, 1.54) is 44.5 Å². The van der Waals surface area contributed by atoms with Gasteiger partial charge in [-0.2, -0.15) is 0 Å². The Kier molecular flexibility index (Phi) is 10.9. The maximum Gasteiger partial charge on any atom is 0.136 e. The SMILES string of the molecule is c1ccc(-c2ccc(CCc3cc(CCc4ccc(-c5ccccn5)cc4)cc(-c4ccccc4-c4ccc(-c5cc(-c6ccc7c(c6)oc6ccccc67)ccn5)cc4)c3)cc2)nc1. The number of pyridine rings is 3. The summed E-state index contributed by atoms with van der Waals surface area (Å²) >= 11 is 0. The summed E-state index contributed by atoms with van der Waals surface area (Å²) in [6.45, 7) is 0. The maximum absolute atomic E-state index is 6.21. The molecular weight excluding hydrogens is 791 g/mol. The Morgan fingerprint density at radius 3 is 1.38 bits per heavy atom. The Bertz CT molecular complexity index is 3290. The number of benzene rings is 7. The topological polar surface area (TPSA) is 51.8 Å². The predicted octanol–water partition coefficient (Wildman–Crippen LogP) is 15.3. The fourth-order valence-electron chi connectivity index (χ4n) is 9.02. The van der Waals surface area contributed by atoms with Crippen LogP contribution in [0.25, 0.3) is 89.1 Å². The minimum absolute atomic E-state index is 0.890. The van der Waals surface area contributed by atoms with E-state index in [1.807, 2.05) is 55.0 Å². The van der Waals surface area contributed by atoms with Crippen LogP contribution >= 0.6 is 0 Å². The quantitative estimate of drug-likeness (QED) is 0.123. The summed E-state index contributed by atoms with van der Waals surface area (Å²) in [5.41, 5.74) is 20.4. The highest BCUT2D eigenvalue weighted by Crippen LogP contribution is 2.36. The van der Waals surface area contributed by atoms with E-state index in [0.29, 0.717) is 0 Å². The lowest BCUT2D eigenvalue weighted by atomic mass is 9.90. The number of fused-ring (bicyclic) bond motifs is 3. The van der Waals surface area contributed by atoms with Gasteiger partial charge in [0.25, 0.3) is 0 Å². The molecular formula is C61H45N3O. The van der Waals surface area contributed by atoms with Crippen molar-refractivity contribution in [3.05, 3.63) is 247 Å². The van der Waals surface area contributed by atoms with Gasteiger partial charge < -0.3 is 4.42 Å². The van der Waals surface area contributed by atoms with Gasteiger partial charge in [0.05, 0.1) is 17.1 Å². The average molecular weight is 836 g/mol. The highest BCUT2D eigenvalue weighted by Gasteiger charge is 2.13. The van der Waals surface area contributed by atoms with Gasteiger partial charge in [-0.15, -0.1) is 0 Å². The number of hydrogen-bond acceptors (Lipinski definition) is 4. The van der Waals surface area contributed by atoms with Crippen molar-refractivity contribution in [3.63, 3.8) is 0 Å². The van der Waals surface area contributed by atoms with Gasteiger partial charge in [0, 0.05) is 46.1 Å². The van der Waals surface area contributed by atoms with Gasteiger partial charge in [0.2, 0.25) is 0 Å². The monoisotopic (exact) mass is 835 g/mol. The van der Waals surface area contributed by atoms with Gasteiger partial charge in [-0.1, -0.05) is 152 Å². The minimum atomic E-state index is 0.890. The number of furan rings is 1. The Balaban J connectivity index is 0.869. The molecule has 0 aliphatic carbocycles. The van der Waals surface area contributed by atoms with E-state index < -0.39 is 0 Å². The van der Waals surface area contributed by atoms with Crippen molar-refractivity contribution in [3.8, 4) is 67.2 Å². The summed E-state index contributed by atoms with van der Waals surface area (Å²) in [5.74, 6) is 0. The predicted molar refractivity (Wildman–Crippen MR) is 267 cm³/mol. The lowest BCUT2D eigenvalue weighted by Gasteiger charge is -2.15. The molecule has 4 heterocycles. The second-order valence-corrected chi connectivity index (χ2v) is 16.7. The normalized spacial score (nSPS) is 11.3. The summed E-state index contributed by atoms with van der Waals surface area (Å²) in [5, 5.41) is 2.27. The van der Waals surface area contributed by atoms with Crippen LogP contribution in [0.3, 0.4) is 0 Å². The summed E-state index contributed by atoms with van der Waals surface area (Å²) in [6, 6.07) is 73.7. The largest absolute Gasteiger partial charge is 0.456 e. The summed E-state index contributed by atoms with van der Waals surface area (Å²) in [4.78, 5) is 13.9. The molecule has 0 unspecified atom stereocenters. The van der Waals surface area contributed by atoms with Gasteiger partial charge in [0.15, 0.2) is 0 Å². The molecule has 0 aliphatic rings. The van der Waals surface area contributed by atoms with E-state index in [9.17, 15) is 0 Å². The Morgan fingerprint density at radius 2 is 0.754 bits per heavy atom. The number of aryl methyl sites for hydroxylation is 4. The fourth-order valence-corrected chi connectivity index (χ4v) is 9.02. The minimum Gasteiger partial charge on any atom is -0.456 e. The zero-order valence-corrected chi connectivity index (χ0v) is 35.9. The van der Waals surface area contributed by atoms with Crippen molar-refractivity contribution in [2.24, 2.45) is 0 Å². The van der Waals surface area contributed by atoms with Crippen LogP contribution in [-0.4, -0.2) is 15.0 Å². The Morgan fingerprint density at radius 1 is 0.277 bits per heavy atom. The molecule has 0 saturated heterocycles. The van der Waals surface area contributed by atoms with Crippen LogP contribution in [0.2, 0.25) is 0 Å². The van der Waals surface area contributed by atoms with Crippen LogP contribution < -0.4 is 0 Å². The van der Waals surface area contributed by atoms with Crippen molar-refractivity contribution in [1.82, 2.24) is 15.0 Å². The third-order valence-electron chi connectivity index (χ3n) is 12.5.